The van der Waals surface area contributed by atoms with Gasteiger partial charge in [-0.15, -0.1) is 0 Å². The van der Waals surface area contributed by atoms with E-state index in [1.165, 1.54) is 12.0 Å². The standard InChI is InChI=1S/C20H24ClN3O3/c1-23(12-15-7-5-4-6-8-15)14-20(26)24(2)13-19(25)22-17-11-16(21)9-10-18(17)27-3/h4-11H,12-14H2,1-3H3,(H,22,25). The summed E-state index contributed by atoms with van der Waals surface area (Å²) in [6.45, 7) is 0.819. The number of rotatable bonds is 8. The van der Waals surface area contributed by atoms with E-state index in [0.29, 0.717) is 23.0 Å². The van der Waals surface area contributed by atoms with Gasteiger partial charge in [0.2, 0.25) is 11.8 Å². The number of ether oxygens (including phenoxy) is 1. The fourth-order valence-electron chi connectivity index (χ4n) is 2.57. The number of hydrogen-bond donors (Lipinski definition) is 1. The molecule has 0 radical (unpaired) electrons. The minimum absolute atomic E-state index is 0.0618. The van der Waals surface area contributed by atoms with E-state index in [9.17, 15) is 9.59 Å². The van der Waals surface area contributed by atoms with Gasteiger partial charge in [-0.1, -0.05) is 41.9 Å². The molecule has 6 nitrogen and oxygen atoms in total. The number of hydrogen-bond acceptors (Lipinski definition) is 4. The van der Waals surface area contributed by atoms with Crippen LogP contribution in [-0.4, -0.2) is 55.9 Å². The zero-order chi connectivity index (χ0) is 19.8. The molecule has 0 heterocycles. The number of anilines is 1. The predicted molar refractivity (Wildman–Crippen MR) is 107 cm³/mol. The second kappa shape index (κ2) is 9.94. The van der Waals surface area contributed by atoms with Crippen LogP contribution in [0.1, 0.15) is 5.56 Å². The minimum atomic E-state index is -0.322. The first-order chi connectivity index (χ1) is 12.9. The Bertz CT molecular complexity index is 783. The third-order valence-corrected chi connectivity index (χ3v) is 4.18. The van der Waals surface area contributed by atoms with Crippen molar-refractivity contribution in [2.24, 2.45) is 0 Å². The van der Waals surface area contributed by atoms with Crippen molar-refractivity contribution in [3.63, 3.8) is 0 Å². The Morgan fingerprint density at radius 2 is 1.78 bits per heavy atom. The van der Waals surface area contributed by atoms with E-state index in [1.807, 2.05) is 42.3 Å². The summed E-state index contributed by atoms with van der Waals surface area (Å²) in [5.41, 5.74) is 1.60. The molecule has 0 fully saturated rings. The average Bonchev–Trinajstić information content (AvgIpc) is 2.62. The highest BCUT2D eigenvalue weighted by atomic mass is 35.5. The van der Waals surface area contributed by atoms with Gasteiger partial charge in [-0.2, -0.15) is 0 Å². The summed E-state index contributed by atoms with van der Waals surface area (Å²) < 4.78 is 5.20. The van der Waals surface area contributed by atoms with Gasteiger partial charge in [0.05, 0.1) is 25.9 Å². The molecule has 2 aromatic carbocycles. The van der Waals surface area contributed by atoms with Crippen LogP contribution >= 0.6 is 11.6 Å². The van der Waals surface area contributed by atoms with Gasteiger partial charge in [0.1, 0.15) is 5.75 Å². The molecule has 0 aliphatic carbocycles. The number of carbonyl (C=O) groups is 2. The lowest BCUT2D eigenvalue weighted by molar-refractivity contribution is -0.134. The van der Waals surface area contributed by atoms with E-state index < -0.39 is 0 Å². The molecular weight excluding hydrogens is 366 g/mol. The number of benzene rings is 2. The topological polar surface area (TPSA) is 61.9 Å². The number of nitrogens with one attached hydrogen (secondary N) is 1. The molecule has 7 heteroatoms. The summed E-state index contributed by atoms with van der Waals surface area (Å²) in [6.07, 6.45) is 0. The largest absolute Gasteiger partial charge is 0.495 e. The first-order valence-corrected chi connectivity index (χ1v) is 8.86. The molecular formula is C20H24ClN3O3. The normalized spacial score (nSPS) is 10.6. The van der Waals surface area contributed by atoms with Crippen LogP contribution < -0.4 is 10.1 Å². The summed E-state index contributed by atoms with van der Waals surface area (Å²) >= 11 is 5.96. The Kier molecular flexibility index (Phi) is 7.64. The highest BCUT2D eigenvalue weighted by Crippen LogP contribution is 2.27. The predicted octanol–water partition coefficient (Wildman–Crippen LogP) is 2.88. The summed E-state index contributed by atoms with van der Waals surface area (Å²) in [4.78, 5) is 27.9. The molecule has 0 unspecified atom stereocenters. The Morgan fingerprint density at radius 1 is 1.07 bits per heavy atom. The number of methoxy groups -OCH3 is 1. The zero-order valence-electron chi connectivity index (χ0n) is 15.7. The molecule has 1 N–H and O–H groups in total. The summed E-state index contributed by atoms with van der Waals surface area (Å²) in [5, 5.41) is 3.21. The molecule has 2 aromatic rings. The first-order valence-electron chi connectivity index (χ1n) is 8.49. The Hall–Kier alpha value is -2.57. The van der Waals surface area contributed by atoms with E-state index in [4.69, 9.17) is 16.3 Å². The third-order valence-electron chi connectivity index (χ3n) is 3.94. The fourth-order valence-corrected chi connectivity index (χ4v) is 2.75. The SMILES string of the molecule is COc1ccc(Cl)cc1NC(=O)CN(C)C(=O)CN(C)Cc1ccccc1. The summed E-state index contributed by atoms with van der Waals surface area (Å²) in [5.74, 6) is 0.0445. The van der Waals surface area contributed by atoms with Crippen LogP contribution in [0.25, 0.3) is 0 Å². The maximum Gasteiger partial charge on any atom is 0.244 e. The quantitative estimate of drug-likeness (QED) is 0.754. The number of amides is 2. The highest BCUT2D eigenvalue weighted by molar-refractivity contribution is 6.31. The maximum absolute atomic E-state index is 12.4. The monoisotopic (exact) mass is 389 g/mol. The maximum atomic E-state index is 12.4. The van der Waals surface area contributed by atoms with Crippen LogP contribution in [0.4, 0.5) is 5.69 Å². The molecule has 0 aromatic heterocycles. The van der Waals surface area contributed by atoms with E-state index in [0.717, 1.165) is 5.56 Å². The smallest absolute Gasteiger partial charge is 0.244 e. The van der Waals surface area contributed by atoms with Crippen LogP contribution in [0, 0.1) is 0 Å². The molecule has 0 saturated heterocycles. The lowest BCUT2D eigenvalue weighted by atomic mass is 10.2. The molecule has 0 saturated carbocycles. The van der Waals surface area contributed by atoms with Gasteiger partial charge in [-0.3, -0.25) is 14.5 Å². The second-order valence-electron chi connectivity index (χ2n) is 6.30. The molecule has 144 valence electrons. The molecule has 2 rings (SSSR count). The Labute approximate surface area is 164 Å². The second-order valence-corrected chi connectivity index (χ2v) is 6.74. The first kappa shape index (κ1) is 20.7. The third kappa shape index (κ3) is 6.58. The number of halogens is 1. The molecule has 2 amide bonds. The van der Waals surface area contributed by atoms with Crippen molar-refractivity contribution in [3.8, 4) is 5.75 Å². The van der Waals surface area contributed by atoms with Crippen LogP contribution in [0.5, 0.6) is 5.75 Å². The van der Waals surface area contributed by atoms with E-state index in [2.05, 4.69) is 5.32 Å². The molecule has 0 aliphatic heterocycles. The molecule has 0 spiro atoms. The lowest BCUT2D eigenvalue weighted by Gasteiger charge is -2.22. The Balaban J connectivity index is 1.86. The zero-order valence-corrected chi connectivity index (χ0v) is 16.5. The molecule has 0 atom stereocenters. The minimum Gasteiger partial charge on any atom is -0.495 e. The van der Waals surface area contributed by atoms with E-state index in [1.54, 1.807) is 25.2 Å². The van der Waals surface area contributed by atoms with Gasteiger partial charge in [0, 0.05) is 18.6 Å². The van der Waals surface area contributed by atoms with Crippen molar-refractivity contribution in [1.82, 2.24) is 9.80 Å². The number of carbonyl (C=O) groups excluding carboxylic acids is 2. The van der Waals surface area contributed by atoms with Crippen LogP contribution in [0.3, 0.4) is 0 Å². The van der Waals surface area contributed by atoms with Gasteiger partial charge in [0.15, 0.2) is 0 Å². The lowest BCUT2D eigenvalue weighted by Crippen LogP contribution is -2.40. The van der Waals surface area contributed by atoms with Crippen molar-refractivity contribution in [2.45, 2.75) is 6.54 Å². The van der Waals surface area contributed by atoms with Crippen molar-refractivity contribution < 1.29 is 14.3 Å². The number of likely N-dealkylation sites (N-methyl/N-ethyl adjacent to an activating group) is 2. The van der Waals surface area contributed by atoms with Crippen LogP contribution in [0.2, 0.25) is 5.02 Å². The van der Waals surface area contributed by atoms with E-state index in [-0.39, 0.29) is 24.9 Å². The van der Waals surface area contributed by atoms with Gasteiger partial charge in [-0.25, -0.2) is 0 Å². The van der Waals surface area contributed by atoms with Gasteiger partial charge in [-0.05, 0) is 30.8 Å². The highest BCUT2D eigenvalue weighted by Gasteiger charge is 2.16. The number of nitrogens with zero attached hydrogens (tertiary/aromatic N) is 2. The average molecular weight is 390 g/mol. The van der Waals surface area contributed by atoms with Crippen molar-refractivity contribution in [3.05, 3.63) is 59.1 Å². The van der Waals surface area contributed by atoms with E-state index >= 15 is 0 Å². The Morgan fingerprint density at radius 3 is 2.44 bits per heavy atom. The molecule has 27 heavy (non-hydrogen) atoms. The van der Waals surface area contributed by atoms with Gasteiger partial charge < -0.3 is 15.0 Å². The van der Waals surface area contributed by atoms with Gasteiger partial charge in [0.25, 0.3) is 0 Å². The summed E-state index contributed by atoms with van der Waals surface area (Å²) in [7, 11) is 4.99. The van der Waals surface area contributed by atoms with Crippen molar-refractivity contribution in [1.29, 1.82) is 0 Å². The van der Waals surface area contributed by atoms with Crippen molar-refractivity contribution in [2.75, 3.05) is 39.6 Å². The molecule has 0 bridgehead atoms. The van der Waals surface area contributed by atoms with Crippen LogP contribution in [-0.2, 0) is 16.1 Å². The fraction of sp³-hybridized carbons (Fsp3) is 0.300. The molecule has 0 aliphatic rings. The van der Waals surface area contributed by atoms with Crippen molar-refractivity contribution >= 4 is 29.1 Å². The summed E-state index contributed by atoms with van der Waals surface area (Å²) in [6, 6.07) is 14.9. The van der Waals surface area contributed by atoms with Crippen LogP contribution in [0.15, 0.2) is 48.5 Å². The van der Waals surface area contributed by atoms with Gasteiger partial charge >= 0.3 is 0 Å².